The van der Waals surface area contributed by atoms with Crippen LogP contribution in [-0.4, -0.2) is 77.9 Å². The Labute approximate surface area is 170 Å². The zero-order valence-corrected chi connectivity index (χ0v) is 17.8. The van der Waals surface area contributed by atoms with Gasteiger partial charge in [0.1, 0.15) is 0 Å². The molecular weight excluding hydrogens is 385 g/mol. The highest BCUT2D eigenvalue weighted by Crippen LogP contribution is 2.21. The molecule has 1 atom stereocenters. The Morgan fingerprint density at radius 3 is 2.72 bits per heavy atom. The Balaban J connectivity index is 1.88. The molecule has 2 heterocycles. The van der Waals surface area contributed by atoms with Gasteiger partial charge < -0.3 is 14.7 Å². The minimum absolute atomic E-state index is 0.200. The van der Waals surface area contributed by atoms with Crippen LogP contribution < -0.4 is 5.32 Å². The van der Waals surface area contributed by atoms with Gasteiger partial charge in [-0.1, -0.05) is 25.9 Å². The molecule has 0 amide bonds. The number of alkyl halides is 3. The maximum atomic E-state index is 12.7. The molecule has 1 fully saturated rings. The zero-order chi connectivity index (χ0) is 21.4. The first kappa shape index (κ1) is 23.4. The molecule has 1 aromatic heterocycles. The molecule has 1 unspecified atom stereocenters. The fourth-order valence-electron chi connectivity index (χ4n) is 3.39. The van der Waals surface area contributed by atoms with E-state index < -0.39 is 12.7 Å². The van der Waals surface area contributed by atoms with E-state index in [0.29, 0.717) is 44.3 Å². The third-order valence-corrected chi connectivity index (χ3v) is 4.87. The van der Waals surface area contributed by atoms with Crippen molar-refractivity contribution < 1.29 is 17.7 Å². The van der Waals surface area contributed by atoms with Crippen LogP contribution in [0.3, 0.4) is 0 Å². The maximum Gasteiger partial charge on any atom is 0.401 e. The molecule has 0 bridgehead atoms. The molecule has 1 aromatic rings. The molecule has 0 radical (unpaired) electrons. The average Bonchev–Trinajstić information content (AvgIpc) is 3.29. The zero-order valence-electron chi connectivity index (χ0n) is 17.8. The van der Waals surface area contributed by atoms with Crippen molar-refractivity contribution in [1.29, 1.82) is 0 Å². The second-order valence-electron chi connectivity index (χ2n) is 7.73. The molecule has 166 valence electrons. The summed E-state index contributed by atoms with van der Waals surface area (Å²) in [6, 6.07) is 0. The molecule has 1 N–H and O–H groups in total. The minimum atomic E-state index is -4.16. The van der Waals surface area contributed by atoms with Crippen molar-refractivity contribution in [3.63, 3.8) is 0 Å². The Morgan fingerprint density at radius 1 is 1.38 bits per heavy atom. The topological polar surface area (TPSA) is 69.8 Å². The molecule has 29 heavy (non-hydrogen) atoms. The number of hydrogen-bond donors (Lipinski definition) is 1. The van der Waals surface area contributed by atoms with Gasteiger partial charge in [-0.3, -0.25) is 9.89 Å². The lowest BCUT2D eigenvalue weighted by Crippen LogP contribution is -2.42. The molecular formula is C19H33F3N6O. The Kier molecular flexibility index (Phi) is 8.73. The summed E-state index contributed by atoms with van der Waals surface area (Å²) in [4.78, 5) is 12.6. The first-order valence-electron chi connectivity index (χ1n) is 10.4. The smallest absolute Gasteiger partial charge is 0.357 e. The number of guanidine groups is 1. The van der Waals surface area contributed by atoms with E-state index in [9.17, 15) is 13.2 Å². The summed E-state index contributed by atoms with van der Waals surface area (Å²) < 4.78 is 43.3. The second kappa shape index (κ2) is 10.8. The van der Waals surface area contributed by atoms with E-state index in [1.807, 2.05) is 20.8 Å². The number of nitrogens with zero attached hydrogens (tertiary/aromatic N) is 5. The standard InChI is InChI=1S/C19H33F3N6O/c1-5-23-18(24-9-7-16-25-17(14(3)4)26-29-16)28-10-8-15(12-28)11-27(6-2)13-19(20,21)22/h14-15H,5-13H2,1-4H3,(H,23,24). The monoisotopic (exact) mass is 418 g/mol. The highest BCUT2D eigenvalue weighted by molar-refractivity contribution is 5.80. The summed E-state index contributed by atoms with van der Waals surface area (Å²) >= 11 is 0. The predicted molar refractivity (Wildman–Crippen MR) is 106 cm³/mol. The fourth-order valence-corrected chi connectivity index (χ4v) is 3.39. The number of aromatic nitrogens is 2. The lowest BCUT2D eigenvalue weighted by Gasteiger charge is -2.26. The van der Waals surface area contributed by atoms with E-state index in [4.69, 9.17) is 4.52 Å². The van der Waals surface area contributed by atoms with Gasteiger partial charge in [-0.2, -0.15) is 18.2 Å². The van der Waals surface area contributed by atoms with Crippen LogP contribution in [0.25, 0.3) is 0 Å². The summed E-state index contributed by atoms with van der Waals surface area (Å²) in [5.41, 5.74) is 0. The van der Waals surface area contributed by atoms with Crippen LogP contribution in [0.5, 0.6) is 0 Å². The molecule has 1 saturated heterocycles. The molecule has 0 aliphatic carbocycles. The summed E-state index contributed by atoms with van der Waals surface area (Å²) in [6.45, 7) is 10.5. The maximum absolute atomic E-state index is 12.7. The second-order valence-corrected chi connectivity index (χ2v) is 7.73. The van der Waals surface area contributed by atoms with Crippen molar-refractivity contribution in [3.05, 3.63) is 11.7 Å². The van der Waals surface area contributed by atoms with Crippen LogP contribution in [-0.2, 0) is 6.42 Å². The molecule has 10 heteroatoms. The molecule has 0 spiro atoms. The third kappa shape index (κ3) is 7.83. The van der Waals surface area contributed by atoms with Crippen molar-refractivity contribution in [2.75, 3.05) is 45.8 Å². The lowest BCUT2D eigenvalue weighted by atomic mass is 10.1. The van der Waals surface area contributed by atoms with Crippen molar-refractivity contribution in [1.82, 2.24) is 25.3 Å². The highest BCUT2D eigenvalue weighted by atomic mass is 19.4. The number of nitrogens with one attached hydrogen (secondary N) is 1. The van der Waals surface area contributed by atoms with Crippen LogP contribution in [0.2, 0.25) is 0 Å². The molecule has 1 aliphatic rings. The molecule has 1 aliphatic heterocycles. The van der Waals surface area contributed by atoms with Gasteiger partial charge in [-0.15, -0.1) is 0 Å². The normalized spacial score (nSPS) is 18.3. The SMILES string of the molecule is CCNC(=NCCc1nc(C(C)C)no1)N1CCC(CN(CC)CC(F)(F)F)C1. The van der Waals surface area contributed by atoms with Crippen LogP contribution in [0, 0.1) is 5.92 Å². The van der Waals surface area contributed by atoms with E-state index in [-0.39, 0.29) is 11.8 Å². The number of rotatable bonds is 9. The number of likely N-dealkylation sites (tertiary alicyclic amines) is 1. The van der Waals surface area contributed by atoms with Gasteiger partial charge in [0.05, 0.1) is 13.1 Å². The molecule has 0 aromatic carbocycles. The Morgan fingerprint density at radius 2 is 2.14 bits per heavy atom. The highest BCUT2D eigenvalue weighted by Gasteiger charge is 2.33. The number of aliphatic imine (C=N–C) groups is 1. The fraction of sp³-hybridized carbons (Fsp3) is 0.842. The van der Waals surface area contributed by atoms with Gasteiger partial charge in [0, 0.05) is 38.5 Å². The van der Waals surface area contributed by atoms with Crippen LogP contribution in [0.4, 0.5) is 13.2 Å². The van der Waals surface area contributed by atoms with E-state index >= 15 is 0 Å². The minimum Gasteiger partial charge on any atom is -0.357 e. The van der Waals surface area contributed by atoms with Gasteiger partial charge in [0.25, 0.3) is 0 Å². The Bertz CT molecular complexity index is 646. The summed E-state index contributed by atoms with van der Waals surface area (Å²) in [7, 11) is 0. The van der Waals surface area contributed by atoms with Gasteiger partial charge >= 0.3 is 6.18 Å². The lowest BCUT2D eigenvalue weighted by molar-refractivity contribution is -0.146. The molecule has 7 nitrogen and oxygen atoms in total. The first-order chi connectivity index (χ1) is 13.7. The van der Waals surface area contributed by atoms with Gasteiger partial charge in [0.2, 0.25) is 5.89 Å². The van der Waals surface area contributed by atoms with Gasteiger partial charge in [0.15, 0.2) is 11.8 Å². The molecule has 0 saturated carbocycles. The average molecular weight is 419 g/mol. The van der Waals surface area contributed by atoms with E-state index in [1.165, 1.54) is 4.90 Å². The third-order valence-electron chi connectivity index (χ3n) is 4.87. The first-order valence-corrected chi connectivity index (χ1v) is 10.4. The van der Waals surface area contributed by atoms with Crippen molar-refractivity contribution in [2.24, 2.45) is 10.9 Å². The summed E-state index contributed by atoms with van der Waals surface area (Å²) in [6.07, 6.45) is -2.74. The van der Waals surface area contributed by atoms with Crippen molar-refractivity contribution in [3.8, 4) is 0 Å². The van der Waals surface area contributed by atoms with Crippen molar-refractivity contribution in [2.45, 2.75) is 52.6 Å². The van der Waals surface area contributed by atoms with Crippen LogP contribution in [0.15, 0.2) is 9.52 Å². The number of halogens is 3. The summed E-state index contributed by atoms with van der Waals surface area (Å²) in [5.74, 6) is 2.47. The quantitative estimate of drug-likeness (QED) is 0.491. The van der Waals surface area contributed by atoms with E-state index in [2.05, 4.69) is 25.3 Å². The molecule has 2 rings (SSSR count). The van der Waals surface area contributed by atoms with Gasteiger partial charge in [-0.05, 0) is 25.8 Å². The number of hydrogen-bond acceptors (Lipinski definition) is 5. The largest absolute Gasteiger partial charge is 0.401 e. The predicted octanol–water partition coefficient (Wildman–Crippen LogP) is 2.91. The van der Waals surface area contributed by atoms with Crippen LogP contribution >= 0.6 is 0 Å². The summed E-state index contributed by atoms with van der Waals surface area (Å²) in [5, 5.41) is 7.23. The van der Waals surface area contributed by atoms with Crippen molar-refractivity contribution >= 4 is 5.96 Å². The van der Waals surface area contributed by atoms with Crippen LogP contribution in [0.1, 0.15) is 51.7 Å². The Hall–Kier alpha value is -1.84. The van der Waals surface area contributed by atoms with E-state index in [0.717, 1.165) is 25.5 Å². The van der Waals surface area contributed by atoms with E-state index in [1.54, 1.807) is 6.92 Å². The van der Waals surface area contributed by atoms with Gasteiger partial charge in [-0.25, -0.2) is 0 Å².